The summed E-state index contributed by atoms with van der Waals surface area (Å²) in [7, 11) is 0. The van der Waals surface area contributed by atoms with Crippen LogP contribution >= 0.6 is 15.9 Å². The van der Waals surface area contributed by atoms with Gasteiger partial charge in [0, 0.05) is 17.2 Å². The van der Waals surface area contributed by atoms with Crippen LogP contribution in [0.3, 0.4) is 0 Å². The zero-order chi connectivity index (χ0) is 12.0. The molecule has 0 atom stereocenters. The molecule has 0 amide bonds. The van der Waals surface area contributed by atoms with Crippen LogP contribution in [-0.4, -0.2) is 30.9 Å². The van der Waals surface area contributed by atoms with Crippen molar-refractivity contribution in [1.82, 2.24) is 10.3 Å². The number of hydrogen-bond acceptors (Lipinski definition) is 3. The van der Waals surface area contributed by atoms with Gasteiger partial charge >= 0.3 is 6.18 Å². The van der Waals surface area contributed by atoms with Gasteiger partial charge in [0.25, 0.3) is 0 Å². The molecule has 0 radical (unpaired) electrons. The van der Waals surface area contributed by atoms with Crippen LogP contribution in [-0.2, 0) is 0 Å². The summed E-state index contributed by atoms with van der Waals surface area (Å²) in [6.45, 7) is -0.715. The van der Waals surface area contributed by atoms with Gasteiger partial charge in [-0.3, -0.25) is 4.98 Å². The van der Waals surface area contributed by atoms with Crippen molar-refractivity contribution >= 4 is 15.9 Å². The summed E-state index contributed by atoms with van der Waals surface area (Å²) >= 11 is 3.20. The van der Waals surface area contributed by atoms with Crippen LogP contribution in [0.2, 0.25) is 0 Å². The lowest BCUT2D eigenvalue weighted by Gasteiger charge is -2.09. The molecule has 1 N–H and O–H groups in total. The fourth-order valence-corrected chi connectivity index (χ4v) is 1.29. The molecule has 0 unspecified atom stereocenters. The van der Waals surface area contributed by atoms with Crippen LogP contribution < -0.4 is 10.1 Å². The molecule has 1 heterocycles. The zero-order valence-corrected chi connectivity index (χ0v) is 9.81. The normalized spacial score (nSPS) is 11.5. The maximum absolute atomic E-state index is 11.7. The maximum Gasteiger partial charge on any atom is 0.401 e. The smallest absolute Gasteiger partial charge is 0.401 e. The summed E-state index contributed by atoms with van der Waals surface area (Å²) in [6, 6.07) is 1.69. The highest BCUT2D eigenvalue weighted by Gasteiger charge is 2.25. The van der Waals surface area contributed by atoms with Gasteiger partial charge < -0.3 is 10.1 Å². The van der Waals surface area contributed by atoms with Gasteiger partial charge in [-0.2, -0.15) is 13.2 Å². The van der Waals surface area contributed by atoms with Crippen molar-refractivity contribution in [2.75, 3.05) is 19.7 Å². The molecule has 0 aliphatic heterocycles. The molecule has 0 bridgehead atoms. The summed E-state index contributed by atoms with van der Waals surface area (Å²) in [5.41, 5.74) is 0. The molecule has 0 aromatic carbocycles. The number of alkyl halides is 3. The number of nitrogens with zero attached hydrogens (tertiary/aromatic N) is 1. The first-order valence-corrected chi connectivity index (χ1v) is 5.27. The third-order valence-corrected chi connectivity index (χ3v) is 1.99. The average molecular weight is 299 g/mol. The van der Waals surface area contributed by atoms with E-state index in [0.717, 1.165) is 4.47 Å². The van der Waals surface area contributed by atoms with Gasteiger partial charge in [-0.15, -0.1) is 0 Å². The number of halogens is 4. The second kappa shape index (κ2) is 6.05. The Kier molecular flexibility index (Phi) is 5.01. The van der Waals surface area contributed by atoms with Crippen molar-refractivity contribution < 1.29 is 17.9 Å². The van der Waals surface area contributed by atoms with Gasteiger partial charge in [-0.05, 0) is 22.0 Å². The number of pyridine rings is 1. The van der Waals surface area contributed by atoms with E-state index in [1.807, 2.05) is 0 Å². The number of ether oxygens (including phenoxy) is 1. The molecule has 7 heteroatoms. The Morgan fingerprint density at radius 2 is 2.12 bits per heavy atom. The number of nitrogens with one attached hydrogen (secondary N) is 1. The molecule has 0 fully saturated rings. The zero-order valence-electron chi connectivity index (χ0n) is 8.22. The van der Waals surface area contributed by atoms with Gasteiger partial charge in [0.1, 0.15) is 12.4 Å². The van der Waals surface area contributed by atoms with Crippen molar-refractivity contribution in [2.24, 2.45) is 0 Å². The topological polar surface area (TPSA) is 34.1 Å². The molecule has 0 aliphatic rings. The highest BCUT2D eigenvalue weighted by molar-refractivity contribution is 9.10. The summed E-state index contributed by atoms with van der Waals surface area (Å²) in [4.78, 5) is 3.85. The lowest BCUT2D eigenvalue weighted by molar-refractivity contribution is -0.124. The minimum absolute atomic E-state index is 0.131. The largest absolute Gasteiger partial charge is 0.491 e. The van der Waals surface area contributed by atoms with E-state index in [1.54, 1.807) is 12.3 Å². The van der Waals surface area contributed by atoms with Crippen molar-refractivity contribution in [3.05, 3.63) is 22.9 Å². The van der Waals surface area contributed by atoms with Crippen molar-refractivity contribution in [3.8, 4) is 5.75 Å². The van der Waals surface area contributed by atoms with Gasteiger partial charge in [-0.1, -0.05) is 0 Å². The predicted molar refractivity (Wildman–Crippen MR) is 56.4 cm³/mol. The van der Waals surface area contributed by atoms with E-state index >= 15 is 0 Å². The second-order valence-electron chi connectivity index (χ2n) is 2.98. The van der Waals surface area contributed by atoms with Crippen LogP contribution in [0.4, 0.5) is 13.2 Å². The molecular weight excluding hydrogens is 289 g/mol. The third kappa shape index (κ3) is 5.92. The van der Waals surface area contributed by atoms with Crippen LogP contribution in [0.5, 0.6) is 5.75 Å². The summed E-state index contributed by atoms with van der Waals surface area (Å²) in [5.74, 6) is 0.517. The van der Waals surface area contributed by atoms with Crippen molar-refractivity contribution in [3.63, 3.8) is 0 Å². The van der Waals surface area contributed by atoms with Crippen LogP contribution in [0.15, 0.2) is 22.9 Å². The number of hydrogen-bond donors (Lipinski definition) is 1. The molecule has 90 valence electrons. The molecule has 0 saturated heterocycles. The molecule has 16 heavy (non-hydrogen) atoms. The van der Waals surface area contributed by atoms with Crippen LogP contribution in [0, 0.1) is 0 Å². The third-order valence-electron chi connectivity index (χ3n) is 1.55. The molecular formula is C9H10BrF3N2O. The standard InChI is InChI=1S/C9H10BrF3N2O/c10-7-3-8(5-15-4-7)16-2-1-14-6-9(11,12)13/h3-5,14H,1-2,6H2. The van der Waals surface area contributed by atoms with E-state index < -0.39 is 12.7 Å². The first-order chi connectivity index (χ1) is 7.47. The first kappa shape index (κ1) is 13.2. The van der Waals surface area contributed by atoms with Crippen molar-refractivity contribution in [2.45, 2.75) is 6.18 Å². The molecule has 1 aromatic rings. The van der Waals surface area contributed by atoms with Gasteiger partial charge in [0.05, 0.1) is 12.7 Å². The molecule has 0 aliphatic carbocycles. The van der Waals surface area contributed by atoms with Gasteiger partial charge in [0.2, 0.25) is 0 Å². The Hall–Kier alpha value is -0.820. The summed E-state index contributed by atoms with van der Waals surface area (Å²) < 4.78 is 41.2. The Balaban J connectivity index is 2.17. The Bertz CT molecular complexity index is 333. The van der Waals surface area contributed by atoms with E-state index in [1.165, 1.54) is 6.20 Å². The van der Waals surface area contributed by atoms with Crippen LogP contribution in [0.25, 0.3) is 0 Å². The average Bonchev–Trinajstić information content (AvgIpc) is 2.15. The molecule has 1 aromatic heterocycles. The first-order valence-electron chi connectivity index (χ1n) is 4.48. The SMILES string of the molecule is FC(F)(F)CNCCOc1cncc(Br)c1. The lowest BCUT2D eigenvalue weighted by Crippen LogP contribution is -2.31. The highest BCUT2D eigenvalue weighted by atomic mass is 79.9. The monoisotopic (exact) mass is 298 g/mol. The van der Waals surface area contributed by atoms with E-state index in [4.69, 9.17) is 4.74 Å². The maximum atomic E-state index is 11.7. The Labute approximate surface area is 99.1 Å². The molecule has 1 rings (SSSR count). The van der Waals surface area contributed by atoms with E-state index in [9.17, 15) is 13.2 Å². The van der Waals surface area contributed by atoms with Crippen molar-refractivity contribution in [1.29, 1.82) is 0 Å². The fourth-order valence-electron chi connectivity index (χ4n) is 0.942. The lowest BCUT2D eigenvalue weighted by atomic mass is 10.5. The number of rotatable bonds is 5. The van der Waals surface area contributed by atoms with Crippen LogP contribution in [0.1, 0.15) is 0 Å². The quantitative estimate of drug-likeness (QED) is 0.848. The second-order valence-corrected chi connectivity index (χ2v) is 3.89. The molecule has 0 spiro atoms. The minimum atomic E-state index is -4.18. The van der Waals surface area contributed by atoms with E-state index in [0.29, 0.717) is 5.75 Å². The Morgan fingerprint density at radius 3 is 2.75 bits per heavy atom. The van der Waals surface area contributed by atoms with E-state index in [-0.39, 0.29) is 13.2 Å². The molecule has 3 nitrogen and oxygen atoms in total. The predicted octanol–water partition coefficient (Wildman–Crippen LogP) is 2.37. The number of aromatic nitrogens is 1. The van der Waals surface area contributed by atoms with Gasteiger partial charge in [0.15, 0.2) is 0 Å². The summed E-state index contributed by atoms with van der Waals surface area (Å²) in [6.07, 6.45) is -1.10. The fraction of sp³-hybridized carbons (Fsp3) is 0.444. The van der Waals surface area contributed by atoms with E-state index in [2.05, 4.69) is 26.2 Å². The molecule has 0 saturated carbocycles. The minimum Gasteiger partial charge on any atom is -0.491 e. The highest BCUT2D eigenvalue weighted by Crippen LogP contribution is 2.15. The summed E-state index contributed by atoms with van der Waals surface area (Å²) in [5, 5.41) is 2.23. The Morgan fingerprint density at radius 1 is 1.38 bits per heavy atom. The van der Waals surface area contributed by atoms with Gasteiger partial charge in [-0.25, -0.2) is 0 Å².